The fraction of sp³-hybridized carbons (Fsp3) is 0.385. The molecule has 1 aliphatic heterocycles. The molecule has 3 aromatic rings. The molecule has 0 spiro atoms. The summed E-state index contributed by atoms with van der Waals surface area (Å²) in [5.74, 6) is 1.36. The second kappa shape index (κ2) is 12.1. The highest BCUT2D eigenvalue weighted by Gasteiger charge is 2.29. The van der Waals surface area contributed by atoms with Crippen LogP contribution in [0, 0.1) is 12.8 Å². The minimum atomic E-state index is 0. The van der Waals surface area contributed by atoms with Gasteiger partial charge in [0.2, 0.25) is 5.91 Å². The van der Waals surface area contributed by atoms with Crippen molar-refractivity contribution in [3.63, 3.8) is 0 Å². The first-order valence-corrected chi connectivity index (χ1v) is 11.4. The summed E-state index contributed by atoms with van der Waals surface area (Å²) in [4.78, 5) is 22.1. The highest BCUT2D eigenvalue weighted by molar-refractivity contribution is 14.0. The summed E-state index contributed by atoms with van der Waals surface area (Å²) in [7, 11) is 1.79. The van der Waals surface area contributed by atoms with Crippen LogP contribution in [-0.2, 0) is 17.6 Å². The molecule has 33 heavy (non-hydrogen) atoms. The van der Waals surface area contributed by atoms with Gasteiger partial charge in [-0.15, -0.1) is 24.0 Å². The van der Waals surface area contributed by atoms with Crippen LogP contribution >= 0.6 is 24.0 Å². The van der Waals surface area contributed by atoms with Crippen LogP contribution in [0.2, 0.25) is 0 Å². The molecule has 3 N–H and O–H groups in total. The van der Waals surface area contributed by atoms with Crippen molar-refractivity contribution in [1.29, 1.82) is 0 Å². The van der Waals surface area contributed by atoms with Crippen LogP contribution in [0.15, 0.2) is 59.7 Å². The number of rotatable bonds is 8. The van der Waals surface area contributed by atoms with Crippen LogP contribution in [0.4, 0.5) is 0 Å². The van der Waals surface area contributed by atoms with Gasteiger partial charge in [0.1, 0.15) is 0 Å². The summed E-state index contributed by atoms with van der Waals surface area (Å²) in [5.41, 5.74) is 5.03. The third-order valence-corrected chi connectivity index (χ3v) is 6.20. The Morgan fingerprint density at radius 2 is 1.97 bits per heavy atom. The maximum atomic E-state index is 12.4. The lowest BCUT2D eigenvalue weighted by Gasteiger charge is -2.18. The molecule has 0 aliphatic carbocycles. The summed E-state index contributed by atoms with van der Waals surface area (Å²) >= 11 is 0. The van der Waals surface area contributed by atoms with Crippen LogP contribution in [0.1, 0.15) is 23.1 Å². The van der Waals surface area contributed by atoms with Crippen LogP contribution in [-0.4, -0.2) is 55.0 Å². The molecule has 176 valence electrons. The Balaban J connectivity index is 0.00000306. The van der Waals surface area contributed by atoms with Gasteiger partial charge in [-0.1, -0.05) is 42.5 Å². The predicted molar refractivity (Wildman–Crippen MR) is 146 cm³/mol. The second-order valence-corrected chi connectivity index (χ2v) is 8.64. The summed E-state index contributed by atoms with van der Waals surface area (Å²) in [5, 5.41) is 8.08. The number of carbonyl (C=O) groups excluding carboxylic acids is 1. The average Bonchev–Trinajstić information content (AvgIpc) is 3.37. The van der Waals surface area contributed by atoms with Gasteiger partial charge >= 0.3 is 0 Å². The Hall–Kier alpha value is -2.55. The van der Waals surface area contributed by atoms with E-state index in [2.05, 4.69) is 64.1 Å². The van der Waals surface area contributed by atoms with E-state index in [0.717, 1.165) is 45.0 Å². The fourth-order valence-electron chi connectivity index (χ4n) is 4.40. The van der Waals surface area contributed by atoms with Crippen molar-refractivity contribution in [2.24, 2.45) is 10.9 Å². The normalized spacial score (nSPS) is 16.2. The van der Waals surface area contributed by atoms with Crippen molar-refractivity contribution in [2.75, 3.05) is 33.2 Å². The van der Waals surface area contributed by atoms with Crippen molar-refractivity contribution >= 4 is 46.7 Å². The lowest BCUT2D eigenvalue weighted by atomic mass is 10.1. The van der Waals surface area contributed by atoms with Crippen molar-refractivity contribution < 1.29 is 4.79 Å². The number of benzene rings is 2. The molecule has 6 nitrogen and oxygen atoms in total. The molecular weight excluding hydrogens is 525 g/mol. The molecule has 7 heteroatoms. The Labute approximate surface area is 213 Å². The number of carbonyl (C=O) groups is 1. The van der Waals surface area contributed by atoms with Crippen molar-refractivity contribution in [3.8, 4) is 0 Å². The number of aryl methyl sites for hydroxylation is 1. The highest BCUT2D eigenvalue weighted by Crippen LogP contribution is 2.20. The molecule has 1 aromatic heterocycles. The first-order valence-electron chi connectivity index (χ1n) is 11.4. The molecule has 1 atom stereocenters. The maximum absolute atomic E-state index is 12.4. The van der Waals surface area contributed by atoms with Gasteiger partial charge in [0.05, 0.1) is 0 Å². The van der Waals surface area contributed by atoms with Crippen LogP contribution < -0.4 is 10.6 Å². The number of likely N-dealkylation sites (tertiary alicyclic amines) is 1. The van der Waals surface area contributed by atoms with Gasteiger partial charge in [-0.05, 0) is 42.5 Å². The van der Waals surface area contributed by atoms with Gasteiger partial charge in [-0.2, -0.15) is 0 Å². The average molecular weight is 559 g/mol. The minimum absolute atomic E-state index is 0. The molecule has 1 unspecified atom stereocenters. The fourth-order valence-corrected chi connectivity index (χ4v) is 4.40. The molecule has 2 heterocycles. The summed E-state index contributed by atoms with van der Waals surface area (Å²) in [6, 6.07) is 16.9. The minimum Gasteiger partial charge on any atom is -0.361 e. The summed E-state index contributed by atoms with van der Waals surface area (Å²) < 4.78 is 0. The van der Waals surface area contributed by atoms with Crippen LogP contribution in [0.5, 0.6) is 0 Å². The molecule has 0 bridgehead atoms. The first-order chi connectivity index (χ1) is 15.6. The smallest absolute Gasteiger partial charge is 0.223 e. The molecule has 0 radical (unpaired) electrons. The number of guanidine groups is 1. The van der Waals surface area contributed by atoms with Crippen molar-refractivity contribution in [3.05, 3.63) is 71.4 Å². The lowest BCUT2D eigenvalue weighted by molar-refractivity contribution is -0.127. The quantitative estimate of drug-likeness (QED) is 0.223. The van der Waals surface area contributed by atoms with Gasteiger partial charge in [0, 0.05) is 62.7 Å². The molecule has 2 aromatic carbocycles. The van der Waals surface area contributed by atoms with Crippen LogP contribution in [0.3, 0.4) is 0 Å². The van der Waals surface area contributed by atoms with E-state index in [-0.39, 0.29) is 29.9 Å². The number of halogens is 1. The Morgan fingerprint density at radius 3 is 2.76 bits per heavy atom. The van der Waals surface area contributed by atoms with Gasteiger partial charge in [0.25, 0.3) is 0 Å². The molecule has 1 aliphatic rings. The zero-order valence-electron chi connectivity index (χ0n) is 19.4. The first kappa shape index (κ1) is 25.1. The van der Waals surface area contributed by atoms with Gasteiger partial charge in [-0.25, -0.2) is 0 Å². The van der Waals surface area contributed by atoms with Crippen LogP contribution in [0.25, 0.3) is 10.9 Å². The molecule has 1 saturated heterocycles. The van der Waals surface area contributed by atoms with Gasteiger partial charge < -0.3 is 20.5 Å². The van der Waals surface area contributed by atoms with E-state index in [1.54, 1.807) is 7.05 Å². The maximum Gasteiger partial charge on any atom is 0.223 e. The third kappa shape index (κ3) is 6.72. The van der Waals surface area contributed by atoms with Crippen molar-refractivity contribution in [2.45, 2.75) is 26.2 Å². The second-order valence-electron chi connectivity index (χ2n) is 8.64. The highest BCUT2D eigenvalue weighted by atomic mass is 127. The monoisotopic (exact) mass is 559 g/mol. The predicted octanol–water partition coefficient (Wildman–Crippen LogP) is 3.89. The number of hydrogen-bond acceptors (Lipinski definition) is 2. The molecule has 0 saturated carbocycles. The summed E-state index contributed by atoms with van der Waals surface area (Å²) in [6.07, 6.45) is 4.52. The topological polar surface area (TPSA) is 72.5 Å². The van der Waals surface area contributed by atoms with E-state index >= 15 is 0 Å². The van der Waals surface area contributed by atoms with E-state index in [1.165, 1.54) is 27.6 Å². The Bertz CT molecular complexity index is 1080. The van der Waals surface area contributed by atoms with E-state index in [1.807, 2.05) is 23.1 Å². The van der Waals surface area contributed by atoms with E-state index in [9.17, 15) is 4.79 Å². The number of fused-ring (bicyclic) bond motifs is 1. The molecule has 1 fully saturated rings. The largest absolute Gasteiger partial charge is 0.361 e. The van der Waals surface area contributed by atoms with E-state index in [4.69, 9.17) is 0 Å². The molecular formula is C26H34IN5O. The third-order valence-electron chi connectivity index (χ3n) is 6.20. The number of aromatic nitrogens is 1. The Kier molecular flexibility index (Phi) is 9.17. The van der Waals surface area contributed by atoms with Gasteiger partial charge in [-0.3, -0.25) is 9.79 Å². The number of aromatic amines is 1. The SMILES string of the molecule is CN=C(NCCc1c[nH]c2cc(C)ccc12)NCC1CC(=O)N(CCc2ccccc2)C1.I. The lowest BCUT2D eigenvalue weighted by Crippen LogP contribution is -2.41. The number of H-pyrrole nitrogens is 1. The van der Waals surface area contributed by atoms with Crippen molar-refractivity contribution in [1.82, 2.24) is 20.5 Å². The number of amides is 1. The van der Waals surface area contributed by atoms with Gasteiger partial charge in [0.15, 0.2) is 5.96 Å². The summed E-state index contributed by atoms with van der Waals surface area (Å²) in [6.45, 7) is 5.26. The standard InChI is InChI=1S/C26H33N5O.HI/c1-19-8-9-23-22(17-29-24(23)14-19)10-12-28-26(27-2)30-16-21-15-25(32)31(18-21)13-11-20-6-4-3-5-7-20;/h3-9,14,17,21,29H,10-13,15-16,18H2,1-2H3,(H2,27,28,30);1H. The number of nitrogens with zero attached hydrogens (tertiary/aromatic N) is 2. The molecule has 1 amide bonds. The zero-order chi connectivity index (χ0) is 22.3. The molecule has 4 rings (SSSR count). The van der Waals surface area contributed by atoms with E-state index in [0.29, 0.717) is 12.3 Å². The number of hydrogen-bond donors (Lipinski definition) is 3. The zero-order valence-corrected chi connectivity index (χ0v) is 21.8. The number of aliphatic imine (C=N–C) groups is 1. The number of nitrogens with one attached hydrogen (secondary N) is 3. The van der Waals surface area contributed by atoms with E-state index < -0.39 is 0 Å². The Morgan fingerprint density at radius 1 is 1.15 bits per heavy atom.